The number of carbonyl (C=O) groups is 1. The van der Waals surface area contributed by atoms with E-state index >= 15 is 0 Å². The van der Waals surface area contributed by atoms with Gasteiger partial charge in [-0.1, -0.05) is 25.1 Å². The van der Waals surface area contributed by atoms with Gasteiger partial charge in [-0.25, -0.2) is 4.98 Å². The minimum absolute atomic E-state index is 0.170. The molecule has 1 heterocycles. The molecule has 106 valence electrons. The molecule has 6 heteroatoms. The fourth-order valence-electron chi connectivity index (χ4n) is 1.85. The molecule has 0 atom stereocenters. The lowest BCUT2D eigenvalue weighted by Gasteiger charge is -2.08. The number of nitrogens with one attached hydrogen (secondary N) is 2. The SMILES string of the molecule is CCCc1nc(C(=O)NCc2ccccc2OC)n[nH]1. The van der Waals surface area contributed by atoms with Crippen molar-refractivity contribution in [1.82, 2.24) is 20.5 Å². The van der Waals surface area contributed by atoms with Gasteiger partial charge >= 0.3 is 0 Å². The molecule has 0 saturated heterocycles. The van der Waals surface area contributed by atoms with Gasteiger partial charge in [0.2, 0.25) is 5.82 Å². The Bertz CT molecular complexity index is 580. The Morgan fingerprint density at radius 3 is 2.95 bits per heavy atom. The van der Waals surface area contributed by atoms with Crippen LogP contribution in [-0.2, 0) is 13.0 Å². The van der Waals surface area contributed by atoms with Crippen LogP contribution in [0.15, 0.2) is 24.3 Å². The number of hydrogen-bond acceptors (Lipinski definition) is 4. The molecule has 0 radical (unpaired) electrons. The number of benzene rings is 1. The fourth-order valence-corrected chi connectivity index (χ4v) is 1.85. The van der Waals surface area contributed by atoms with Gasteiger partial charge < -0.3 is 10.1 Å². The Hall–Kier alpha value is -2.37. The molecule has 0 bridgehead atoms. The van der Waals surface area contributed by atoms with E-state index in [1.54, 1.807) is 7.11 Å². The van der Waals surface area contributed by atoms with Crippen LogP contribution < -0.4 is 10.1 Å². The molecule has 1 aromatic heterocycles. The summed E-state index contributed by atoms with van der Waals surface area (Å²) in [5, 5.41) is 9.45. The Balaban J connectivity index is 1.97. The van der Waals surface area contributed by atoms with Gasteiger partial charge in [0.1, 0.15) is 11.6 Å². The molecule has 2 N–H and O–H groups in total. The van der Waals surface area contributed by atoms with Crippen LogP contribution in [0.3, 0.4) is 0 Å². The largest absolute Gasteiger partial charge is 0.496 e. The van der Waals surface area contributed by atoms with Gasteiger partial charge in [0.25, 0.3) is 5.91 Å². The van der Waals surface area contributed by atoms with Crippen molar-refractivity contribution >= 4 is 5.91 Å². The van der Waals surface area contributed by atoms with Crippen molar-refractivity contribution in [3.8, 4) is 5.75 Å². The van der Waals surface area contributed by atoms with Crippen LogP contribution in [-0.4, -0.2) is 28.2 Å². The highest BCUT2D eigenvalue weighted by Crippen LogP contribution is 2.16. The predicted octanol–water partition coefficient (Wildman–Crippen LogP) is 1.70. The second-order valence-electron chi connectivity index (χ2n) is 4.35. The molecule has 0 fully saturated rings. The molecular weight excluding hydrogens is 256 g/mol. The number of H-pyrrole nitrogens is 1. The molecule has 2 rings (SSSR count). The molecule has 20 heavy (non-hydrogen) atoms. The third kappa shape index (κ3) is 3.34. The van der Waals surface area contributed by atoms with Crippen LogP contribution in [0.4, 0.5) is 0 Å². The summed E-state index contributed by atoms with van der Waals surface area (Å²) < 4.78 is 5.23. The number of methoxy groups -OCH3 is 1. The van der Waals surface area contributed by atoms with Gasteiger partial charge in [0.15, 0.2) is 0 Å². The van der Waals surface area contributed by atoms with Crippen molar-refractivity contribution in [2.75, 3.05) is 7.11 Å². The highest BCUT2D eigenvalue weighted by atomic mass is 16.5. The molecule has 0 aliphatic carbocycles. The monoisotopic (exact) mass is 274 g/mol. The van der Waals surface area contributed by atoms with Crippen LogP contribution in [0.1, 0.15) is 35.4 Å². The highest BCUT2D eigenvalue weighted by molar-refractivity contribution is 5.90. The molecule has 0 aliphatic heterocycles. The van der Waals surface area contributed by atoms with E-state index in [1.165, 1.54) is 0 Å². The maximum absolute atomic E-state index is 11.9. The van der Waals surface area contributed by atoms with E-state index in [9.17, 15) is 4.79 Å². The maximum atomic E-state index is 11.9. The lowest BCUT2D eigenvalue weighted by molar-refractivity contribution is 0.0940. The van der Waals surface area contributed by atoms with Crippen molar-refractivity contribution in [3.63, 3.8) is 0 Å². The first-order valence-electron chi connectivity index (χ1n) is 6.56. The Morgan fingerprint density at radius 2 is 2.20 bits per heavy atom. The number of amides is 1. The summed E-state index contributed by atoms with van der Waals surface area (Å²) >= 11 is 0. The number of para-hydroxylation sites is 1. The average Bonchev–Trinajstić information content (AvgIpc) is 2.94. The van der Waals surface area contributed by atoms with Crippen LogP contribution >= 0.6 is 0 Å². The first-order chi connectivity index (χ1) is 9.74. The lowest BCUT2D eigenvalue weighted by atomic mass is 10.2. The number of aromatic nitrogens is 3. The first-order valence-corrected chi connectivity index (χ1v) is 6.56. The van der Waals surface area contributed by atoms with E-state index in [4.69, 9.17) is 4.74 Å². The Labute approximate surface area is 117 Å². The fraction of sp³-hybridized carbons (Fsp3) is 0.357. The van der Waals surface area contributed by atoms with Crippen LogP contribution in [0, 0.1) is 0 Å². The summed E-state index contributed by atoms with van der Waals surface area (Å²) in [6, 6.07) is 7.54. The van der Waals surface area contributed by atoms with Crippen molar-refractivity contribution in [2.45, 2.75) is 26.3 Å². The maximum Gasteiger partial charge on any atom is 0.291 e. The van der Waals surface area contributed by atoms with Gasteiger partial charge in [0, 0.05) is 18.5 Å². The van der Waals surface area contributed by atoms with Crippen molar-refractivity contribution in [2.24, 2.45) is 0 Å². The molecule has 0 unspecified atom stereocenters. The van der Waals surface area contributed by atoms with Crippen molar-refractivity contribution in [1.29, 1.82) is 0 Å². The van der Waals surface area contributed by atoms with E-state index < -0.39 is 0 Å². The molecular formula is C14H18N4O2. The molecule has 0 spiro atoms. The van der Waals surface area contributed by atoms with Crippen LogP contribution in [0.25, 0.3) is 0 Å². The molecule has 0 aliphatic rings. The van der Waals surface area contributed by atoms with Crippen LogP contribution in [0.2, 0.25) is 0 Å². The highest BCUT2D eigenvalue weighted by Gasteiger charge is 2.12. The number of aryl methyl sites for hydroxylation is 1. The Morgan fingerprint density at radius 1 is 1.40 bits per heavy atom. The van der Waals surface area contributed by atoms with Crippen molar-refractivity contribution < 1.29 is 9.53 Å². The van der Waals surface area contributed by atoms with E-state index in [-0.39, 0.29) is 11.7 Å². The Kier molecular flexibility index (Phi) is 4.70. The van der Waals surface area contributed by atoms with E-state index in [2.05, 4.69) is 20.5 Å². The summed E-state index contributed by atoms with van der Waals surface area (Å²) in [6.07, 6.45) is 1.74. The summed E-state index contributed by atoms with van der Waals surface area (Å²) in [6.45, 7) is 2.42. The lowest BCUT2D eigenvalue weighted by Crippen LogP contribution is -2.24. The number of carbonyl (C=O) groups excluding carboxylic acids is 1. The summed E-state index contributed by atoms with van der Waals surface area (Å²) in [5.41, 5.74) is 0.910. The summed E-state index contributed by atoms with van der Waals surface area (Å²) in [4.78, 5) is 16.1. The van der Waals surface area contributed by atoms with Gasteiger partial charge in [-0.15, -0.1) is 5.10 Å². The third-order valence-corrected chi connectivity index (χ3v) is 2.85. The summed E-state index contributed by atoms with van der Waals surface area (Å²) in [7, 11) is 1.60. The van der Waals surface area contributed by atoms with Gasteiger partial charge in [-0.2, -0.15) is 0 Å². The minimum Gasteiger partial charge on any atom is -0.496 e. The third-order valence-electron chi connectivity index (χ3n) is 2.85. The number of hydrogen-bond donors (Lipinski definition) is 2. The van der Waals surface area contributed by atoms with E-state index in [0.29, 0.717) is 6.54 Å². The number of ether oxygens (including phenoxy) is 1. The zero-order chi connectivity index (χ0) is 14.4. The quantitative estimate of drug-likeness (QED) is 0.840. The zero-order valence-corrected chi connectivity index (χ0v) is 11.6. The molecule has 2 aromatic rings. The smallest absolute Gasteiger partial charge is 0.291 e. The number of aromatic amines is 1. The standard InChI is InChI=1S/C14H18N4O2/c1-3-6-12-16-13(18-17-12)14(19)15-9-10-7-4-5-8-11(10)20-2/h4-5,7-8H,3,6,9H2,1-2H3,(H,15,19)(H,16,17,18). The van der Waals surface area contributed by atoms with E-state index in [0.717, 1.165) is 30.0 Å². The number of rotatable bonds is 6. The molecule has 1 amide bonds. The van der Waals surface area contributed by atoms with Gasteiger partial charge in [-0.05, 0) is 12.5 Å². The van der Waals surface area contributed by atoms with E-state index in [1.807, 2.05) is 31.2 Å². The predicted molar refractivity (Wildman–Crippen MR) is 74.5 cm³/mol. The minimum atomic E-state index is -0.297. The topological polar surface area (TPSA) is 79.9 Å². The van der Waals surface area contributed by atoms with Crippen molar-refractivity contribution in [3.05, 3.63) is 41.5 Å². The summed E-state index contributed by atoms with van der Waals surface area (Å²) in [5.74, 6) is 1.35. The van der Waals surface area contributed by atoms with Gasteiger partial charge in [-0.3, -0.25) is 9.89 Å². The molecule has 1 aromatic carbocycles. The molecule has 0 saturated carbocycles. The number of nitrogens with zero attached hydrogens (tertiary/aromatic N) is 2. The second-order valence-corrected chi connectivity index (χ2v) is 4.35. The zero-order valence-electron chi connectivity index (χ0n) is 11.6. The molecule has 6 nitrogen and oxygen atoms in total. The van der Waals surface area contributed by atoms with Crippen LogP contribution in [0.5, 0.6) is 5.75 Å². The average molecular weight is 274 g/mol. The van der Waals surface area contributed by atoms with Gasteiger partial charge in [0.05, 0.1) is 7.11 Å². The normalized spacial score (nSPS) is 10.3. The first kappa shape index (κ1) is 14.0. The second kappa shape index (κ2) is 6.70.